The maximum absolute atomic E-state index is 12.7. The maximum Gasteiger partial charge on any atom is 0.435 e. The van der Waals surface area contributed by atoms with Crippen LogP contribution in [0.2, 0.25) is 0 Å². The molecule has 0 bridgehead atoms. The fourth-order valence-corrected chi connectivity index (χ4v) is 3.10. The Labute approximate surface area is 170 Å². The van der Waals surface area contributed by atoms with Gasteiger partial charge in [-0.3, -0.25) is 4.79 Å². The van der Waals surface area contributed by atoms with Gasteiger partial charge in [0.2, 0.25) is 6.79 Å². The van der Waals surface area contributed by atoms with E-state index < -0.39 is 17.4 Å². The van der Waals surface area contributed by atoms with Gasteiger partial charge in [-0.05, 0) is 61.9 Å². The van der Waals surface area contributed by atoms with Crippen molar-refractivity contribution in [2.75, 3.05) is 6.79 Å². The van der Waals surface area contributed by atoms with Gasteiger partial charge in [-0.15, -0.1) is 0 Å². The number of rotatable bonds is 4. The van der Waals surface area contributed by atoms with Crippen LogP contribution in [0.3, 0.4) is 0 Å². The van der Waals surface area contributed by atoms with Gasteiger partial charge < -0.3 is 14.8 Å². The van der Waals surface area contributed by atoms with Crippen LogP contribution in [0, 0.1) is 0 Å². The van der Waals surface area contributed by atoms with Crippen molar-refractivity contribution in [1.29, 1.82) is 0 Å². The highest BCUT2D eigenvalue weighted by atomic mass is 19.4. The van der Waals surface area contributed by atoms with Crippen molar-refractivity contribution in [2.24, 2.45) is 0 Å². The second-order valence-electron chi connectivity index (χ2n) is 7.34. The molecule has 0 spiro atoms. The first kappa shape index (κ1) is 19.8. The molecular formula is C21H18F3N3O3. The lowest BCUT2D eigenvalue weighted by Crippen LogP contribution is -2.40. The summed E-state index contributed by atoms with van der Waals surface area (Å²) in [7, 11) is 0. The van der Waals surface area contributed by atoms with Crippen molar-refractivity contribution < 1.29 is 27.4 Å². The molecule has 1 aliphatic rings. The number of carbonyl (C=O) groups excluding carboxylic acids is 1. The molecule has 0 saturated carbocycles. The minimum absolute atomic E-state index is 0.165. The molecule has 2 heterocycles. The average molecular weight is 417 g/mol. The number of aromatic nitrogens is 2. The molecule has 30 heavy (non-hydrogen) atoms. The van der Waals surface area contributed by atoms with E-state index in [0.717, 1.165) is 16.3 Å². The van der Waals surface area contributed by atoms with E-state index in [1.165, 1.54) is 30.5 Å². The molecule has 3 aromatic rings. The van der Waals surface area contributed by atoms with Gasteiger partial charge in [0, 0.05) is 11.8 Å². The van der Waals surface area contributed by atoms with E-state index >= 15 is 0 Å². The standard InChI is InChI=1S/C21H18F3N3O3/c1-20(2,14-5-8-16-17(11-14)30-12-29-16)25-19(28)13-3-6-15(7-4-13)27-10-9-18(26-27)21(22,23)24/h3-11H,12H2,1-2H3,(H,25,28). The molecule has 1 aliphatic heterocycles. The fraction of sp³-hybridized carbons (Fsp3) is 0.238. The summed E-state index contributed by atoms with van der Waals surface area (Å²) in [5.41, 5.74) is -0.0454. The first-order valence-corrected chi connectivity index (χ1v) is 9.09. The summed E-state index contributed by atoms with van der Waals surface area (Å²) < 4.78 is 49.9. The molecule has 2 aromatic carbocycles. The molecule has 0 radical (unpaired) electrons. The summed E-state index contributed by atoms with van der Waals surface area (Å²) in [5, 5.41) is 6.48. The van der Waals surface area contributed by atoms with Gasteiger partial charge in [-0.1, -0.05) is 6.07 Å². The monoisotopic (exact) mass is 417 g/mol. The average Bonchev–Trinajstić information content (AvgIpc) is 3.36. The van der Waals surface area contributed by atoms with E-state index in [2.05, 4.69) is 10.4 Å². The Hall–Kier alpha value is -3.49. The van der Waals surface area contributed by atoms with Crippen LogP contribution in [0.4, 0.5) is 13.2 Å². The Bertz CT molecular complexity index is 1090. The number of ether oxygens (including phenoxy) is 2. The van der Waals surface area contributed by atoms with Gasteiger partial charge in [-0.2, -0.15) is 18.3 Å². The smallest absolute Gasteiger partial charge is 0.435 e. The summed E-state index contributed by atoms with van der Waals surface area (Å²) in [6.07, 6.45) is -3.29. The normalized spacial score (nSPS) is 13.4. The van der Waals surface area contributed by atoms with E-state index in [-0.39, 0.29) is 12.7 Å². The van der Waals surface area contributed by atoms with Gasteiger partial charge in [0.15, 0.2) is 17.2 Å². The van der Waals surface area contributed by atoms with Gasteiger partial charge in [0.05, 0.1) is 11.2 Å². The number of nitrogens with zero attached hydrogens (tertiary/aromatic N) is 2. The number of nitrogens with one attached hydrogen (secondary N) is 1. The van der Waals surface area contributed by atoms with E-state index in [1.54, 1.807) is 6.07 Å². The highest BCUT2D eigenvalue weighted by Gasteiger charge is 2.33. The number of halogens is 3. The van der Waals surface area contributed by atoms with Crippen LogP contribution >= 0.6 is 0 Å². The third-order valence-corrected chi connectivity index (χ3v) is 4.79. The van der Waals surface area contributed by atoms with Crippen molar-refractivity contribution in [3.8, 4) is 17.2 Å². The zero-order chi connectivity index (χ0) is 21.5. The highest BCUT2D eigenvalue weighted by Crippen LogP contribution is 2.35. The molecule has 6 nitrogen and oxygen atoms in total. The predicted octanol–water partition coefficient (Wildman–Crippen LogP) is 4.28. The second-order valence-corrected chi connectivity index (χ2v) is 7.34. The van der Waals surface area contributed by atoms with E-state index in [0.29, 0.717) is 22.7 Å². The number of carbonyl (C=O) groups is 1. The van der Waals surface area contributed by atoms with Gasteiger partial charge in [-0.25, -0.2) is 4.68 Å². The SMILES string of the molecule is CC(C)(NC(=O)c1ccc(-n2ccc(C(F)(F)F)n2)cc1)c1ccc2c(c1)OCO2. The minimum Gasteiger partial charge on any atom is -0.454 e. The summed E-state index contributed by atoms with van der Waals surface area (Å²) in [4.78, 5) is 12.7. The molecule has 9 heteroatoms. The molecule has 0 aliphatic carbocycles. The lowest BCUT2D eigenvalue weighted by Gasteiger charge is -2.27. The molecule has 0 atom stereocenters. The topological polar surface area (TPSA) is 65.4 Å². The number of hydrogen-bond acceptors (Lipinski definition) is 4. The fourth-order valence-electron chi connectivity index (χ4n) is 3.10. The van der Waals surface area contributed by atoms with Gasteiger partial charge in [0.1, 0.15) is 0 Å². The van der Waals surface area contributed by atoms with Crippen LogP contribution in [0.5, 0.6) is 11.5 Å². The van der Waals surface area contributed by atoms with Crippen molar-refractivity contribution >= 4 is 5.91 Å². The van der Waals surface area contributed by atoms with Crippen LogP contribution < -0.4 is 14.8 Å². The minimum atomic E-state index is -4.51. The van der Waals surface area contributed by atoms with Crippen molar-refractivity contribution in [3.63, 3.8) is 0 Å². The molecular weight excluding hydrogens is 399 g/mol. The van der Waals surface area contributed by atoms with E-state index in [1.807, 2.05) is 26.0 Å². The Morgan fingerprint density at radius 2 is 1.73 bits per heavy atom. The molecule has 0 fully saturated rings. The highest BCUT2D eigenvalue weighted by molar-refractivity contribution is 5.94. The third-order valence-electron chi connectivity index (χ3n) is 4.79. The zero-order valence-corrected chi connectivity index (χ0v) is 16.2. The summed E-state index contributed by atoms with van der Waals surface area (Å²) in [6.45, 7) is 3.89. The van der Waals surface area contributed by atoms with E-state index in [9.17, 15) is 18.0 Å². The molecule has 0 saturated heterocycles. The Kier molecular flexibility index (Phi) is 4.68. The number of fused-ring (bicyclic) bond motifs is 1. The van der Waals surface area contributed by atoms with Gasteiger partial charge in [0.25, 0.3) is 5.91 Å². The largest absolute Gasteiger partial charge is 0.454 e. The molecule has 156 valence electrons. The molecule has 1 aromatic heterocycles. The third kappa shape index (κ3) is 3.83. The Balaban J connectivity index is 1.49. The van der Waals surface area contributed by atoms with Gasteiger partial charge >= 0.3 is 6.18 Å². The van der Waals surface area contributed by atoms with Crippen LogP contribution in [0.15, 0.2) is 54.7 Å². The quantitative estimate of drug-likeness (QED) is 0.688. The summed E-state index contributed by atoms with van der Waals surface area (Å²) in [6, 6.07) is 12.5. The number of benzene rings is 2. The summed E-state index contributed by atoms with van der Waals surface area (Å²) >= 11 is 0. The Morgan fingerprint density at radius 1 is 1.03 bits per heavy atom. The summed E-state index contributed by atoms with van der Waals surface area (Å²) in [5.74, 6) is 0.959. The van der Waals surface area contributed by atoms with Crippen molar-refractivity contribution in [3.05, 3.63) is 71.5 Å². The first-order chi connectivity index (χ1) is 14.1. The van der Waals surface area contributed by atoms with Crippen molar-refractivity contribution in [2.45, 2.75) is 25.6 Å². The molecule has 1 amide bonds. The predicted molar refractivity (Wildman–Crippen MR) is 102 cm³/mol. The van der Waals surface area contributed by atoms with Crippen LogP contribution in [0.25, 0.3) is 5.69 Å². The van der Waals surface area contributed by atoms with Crippen molar-refractivity contribution in [1.82, 2.24) is 15.1 Å². The number of hydrogen-bond donors (Lipinski definition) is 1. The van der Waals surface area contributed by atoms with E-state index in [4.69, 9.17) is 9.47 Å². The molecule has 1 N–H and O–H groups in total. The van der Waals surface area contributed by atoms with Crippen LogP contribution in [-0.4, -0.2) is 22.5 Å². The lowest BCUT2D eigenvalue weighted by atomic mass is 9.93. The first-order valence-electron chi connectivity index (χ1n) is 9.09. The zero-order valence-electron chi connectivity index (χ0n) is 16.2. The Morgan fingerprint density at radius 3 is 2.40 bits per heavy atom. The molecule has 0 unspecified atom stereocenters. The maximum atomic E-state index is 12.7. The van der Waals surface area contributed by atoms with Crippen LogP contribution in [-0.2, 0) is 11.7 Å². The lowest BCUT2D eigenvalue weighted by molar-refractivity contribution is -0.141. The number of alkyl halides is 3. The number of amides is 1. The van der Waals surface area contributed by atoms with Crippen LogP contribution in [0.1, 0.15) is 35.5 Å². The molecule has 4 rings (SSSR count). The second kappa shape index (κ2) is 7.08.